The summed E-state index contributed by atoms with van der Waals surface area (Å²) in [5.41, 5.74) is 1.72. The van der Waals surface area contributed by atoms with Gasteiger partial charge in [-0.25, -0.2) is 13.8 Å². The Bertz CT molecular complexity index is 1070. The molecule has 28 heavy (non-hydrogen) atoms. The van der Waals surface area contributed by atoms with Gasteiger partial charge in [0.05, 0.1) is 6.04 Å². The predicted octanol–water partition coefficient (Wildman–Crippen LogP) is 3.87. The van der Waals surface area contributed by atoms with Crippen molar-refractivity contribution in [2.45, 2.75) is 13.0 Å². The minimum absolute atomic E-state index is 0.0796. The minimum atomic E-state index is -0.930. The van der Waals surface area contributed by atoms with E-state index in [-0.39, 0.29) is 17.0 Å². The van der Waals surface area contributed by atoms with E-state index in [1.807, 2.05) is 0 Å². The molecular formula is C22H16F2N2O2. The van der Waals surface area contributed by atoms with E-state index in [4.69, 9.17) is 6.42 Å². The van der Waals surface area contributed by atoms with Gasteiger partial charge in [-0.2, -0.15) is 0 Å². The number of hydrogen-bond acceptors (Lipinski definition) is 3. The van der Waals surface area contributed by atoms with Crippen LogP contribution in [-0.4, -0.2) is 16.0 Å². The van der Waals surface area contributed by atoms with Crippen molar-refractivity contribution < 1.29 is 18.7 Å². The highest BCUT2D eigenvalue weighted by Gasteiger charge is 2.22. The third-order valence-corrected chi connectivity index (χ3v) is 4.13. The fourth-order valence-electron chi connectivity index (χ4n) is 2.83. The van der Waals surface area contributed by atoms with Gasteiger partial charge in [0, 0.05) is 16.8 Å². The second kappa shape index (κ2) is 7.89. The molecule has 0 spiro atoms. The number of amides is 1. The topological polar surface area (TPSA) is 62.2 Å². The number of hydrogen-bond donors (Lipinski definition) is 2. The van der Waals surface area contributed by atoms with Crippen LogP contribution in [0.1, 0.15) is 38.9 Å². The lowest BCUT2D eigenvalue weighted by atomic mass is 9.97. The van der Waals surface area contributed by atoms with Crippen molar-refractivity contribution in [3.05, 3.63) is 94.3 Å². The van der Waals surface area contributed by atoms with Gasteiger partial charge in [-0.15, -0.1) is 6.42 Å². The molecule has 0 aliphatic rings. The number of carbonyl (C=O) groups excluding carboxylic acids is 1. The van der Waals surface area contributed by atoms with Crippen molar-refractivity contribution >= 4 is 5.91 Å². The van der Waals surface area contributed by atoms with E-state index < -0.39 is 23.6 Å². The number of aryl methyl sites for hydroxylation is 1. The van der Waals surface area contributed by atoms with E-state index in [1.165, 1.54) is 36.4 Å². The Labute approximate surface area is 160 Å². The van der Waals surface area contributed by atoms with Crippen LogP contribution < -0.4 is 5.32 Å². The van der Waals surface area contributed by atoms with Gasteiger partial charge in [-0.05, 0) is 55.0 Å². The molecule has 0 radical (unpaired) electrons. The van der Waals surface area contributed by atoms with Gasteiger partial charge in [0.25, 0.3) is 5.91 Å². The van der Waals surface area contributed by atoms with E-state index in [1.54, 1.807) is 13.0 Å². The first-order valence-electron chi connectivity index (χ1n) is 8.37. The van der Waals surface area contributed by atoms with E-state index in [9.17, 15) is 18.7 Å². The summed E-state index contributed by atoms with van der Waals surface area (Å²) in [6, 6.07) is 10.9. The van der Waals surface area contributed by atoms with Crippen molar-refractivity contribution in [3.8, 4) is 18.1 Å². The van der Waals surface area contributed by atoms with E-state index in [0.717, 1.165) is 12.1 Å². The standard InChI is InChI=1S/C22H16F2N2O2/c1-3-14-10-13(2)25-19(11-14)22(28)26-21(15-4-6-16(23)7-5-15)18-12-17(24)8-9-20(18)27/h1,4-12,21,27H,2H3,(H,26,28). The number of phenolic OH excluding ortho intramolecular Hbond substituents is 1. The highest BCUT2D eigenvalue weighted by molar-refractivity contribution is 5.93. The van der Waals surface area contributed by atoms with Gasteiger partial charge in [0.2, 0.25) is 0 Å². The summed E-state index contributed by atoms with van der Waals surface area (Å²) in [5, 5.41) is 12.9. The molecule has 0 aliphatic carbocycles. The lowest BCUT2D eigenvalue weighted by Crippen LogP contribution is -2.30. The van der Waals surface area contributed by atoms with Crippen molar-refractivity contribution in [3.63, 3.8) is 0 Å². The number of phenols is 1. The van der Waals surface area contributed by atoms with Crippen LogP contribution in [0.15, 0.2) is 54.6 Å². The molecule has 0 bridgehead atoms. The molecular weight excluding hydrogens is 362 g/mol. The van der Waals surface area contributed by atoms with Crippen LogP contribution in [0.4, 0.5) is 8.78 Å². The summed E-state index contributed by atoms with van der Waals surface area (Å²) in [7, 11) is 0. The number of nitrogens with one attached hydrogen (secondary N) is 1. The Balaban J connectivity index is 2.03. The van der Waals surface area contributed by atoms with Crippen molar-refractivity contribution in [1.29, 1.82) is 0 Å². The van der Waals surface area contributed by atoms with Gasteiger partial charge in [0.1, 0.15) is 23.1 Å². The van der Waals surface area contributed by atoms with Gasteiger partial charge in [-0.3, -0.25) is 4.79 Å². The van der Waals surface area contributed by atoms with E-state index in [2.05, 4.69) is 16.2 Å². The zero-order valence-corrected chi connectivity index (χ0v) is 14.9. The Kier molecular flexibility index (Phi) is 5.37. The van der Waals surface area contributed by atoms with Gasteiger partial charge >= 0.3 is 0 Å². The van der Waals surface area contributed by atoms with Crippen LogP contribution in [0.25, 0.3) is 0 Å². The van der Waals surface area contributed by atoms with Crippen LogP contribution in [0.5, 0.6) is 5.75 Å². The molecule has 1 aromatic heterocycles. The van der Waals surface area contributed by atoms with Crippen LogP contribution in [0.3, 0.4) is 0 Å². The quantitative estimate of drug-likeness (QED) is 0.678. The zero-order valence-electron chi connectivity index (χ0n) is 14.9. The molecule has 1 heterocycles. The summed E-state index contributed by atoms with van der Waals surface area (Å²) in [5.74, 6) is 0.622. The molecule has 3 aromatic rings. The van der Waals surface area contributed by atoms with Crippen molar-refractivity contribution in [2.75, 3.05) is 0 Å². The largest absolute Gasteiger partial charge is 0.508 e. The number of benzene rings is 2. The fraction of sp³-hybridized carbons (Fsp3) is 0.0909. The second-order valence-electron chi connectivity index (χ2n) is 6.19. The fourth-order valence-corrected chi connectivity index (χ4v) is 2.83. The first-order chi connectivity index (χ1) is 13.4. The average molecular weight is 378 g/mol. The molecule has 4 nitrogen and oxygen atoms in total. The smallest absolute Gasteiger partial charge is 0.270 e. The first kappa shape index (κ1) is 19.1. The molecule has 3 rings (SSSR count). The van der Waals surface area contributed by atoms with Gasteiger partial charge < -0.3 is 10.4 Å². The molecule has 140 valence electrons. The van der Waals surface area contributed by atoms with E-state index >= 15 is 0 Å². The Morgan fingerprint density at radius 3 is 2.46 bits per heavy atom. The third-order valence-electron chi connectivity index (χ3n) is 4.13. The summed E-state index contributed by atoms with van der Waals surface area (Å²) in [6.45, 7) is 1.70. The molecule has 0 aliphatic heterocycles. The molecule has 2 N–H and O–H groups in total. The summed E-state index contributed by atoms with van der Waals surface area (Å²) in [4.78, 5) is 17.0. The molecule has 2 aromatic carbocycles. The molecule has 0 saturated heterocycles. The maximum Gasteiger partial charge on any atom is 0.270 e. The normalized spacial score (nSPS) is 11.5. The number of carbonyl (C=O) groups is 1. The molecule has 1 amide bonds. The zero-order chi connectivity index (χ0) is 20.3. The number of aromatic hydroxyl groups is 1. The van der Waals surface area contributed by atoms with Crippen LogP contribution in [0.2, 0.25) is 0 Å². The lowest BCUT2D eigenvalue weighted by molar-refractivity contribution is 0.0937. The highest BCUT2D eigenvalue weighted by atomic mass is 19.1. The molecule has 1 unspecified atom stereocenters. The maximum absolute atomic E-state index is 13.8. The van der Waals surface area contributed by atoms with Crippen molar-refractivity contribution in [1.82, 2.24) is 10.3 Å². The third kappa shape index (κ3) is 4.15. The molecule has 0 saturated carbocycles. The number of aromatic nitrogens is 1. The maximum atomic E-state index is 13.8. The first-order valence-corrected chi connectivity index (χ1v) is 8.37. The Morgan fingerprint density at radius 2 is 1.79 bits per heavy atom. The van der Waals surface area contributed by atoms with Gasteiger partial charge in [0.15, 0.2) is 0 Å². The summed E-state index contributed by atoms with van der Waals surface area (Å²) in [6.07, 6.45) is 5.40. The van der Waals surface area contributed by atoms with Gasteiger partial charge in [-0.1, -0.05) is 18.1 Å². The number of nitrogens with zero attached hydrogens (tertiary/aromatic N) is 1. The second-order valence-corrected chi connectivity index (χ2v) is 6.19. The number of terminal acetylenes is 1. The summed E-state index contributed by atoms with van der Waals surface area (Å²) < 4.78 is 27.1. The number of pyridine rings is 1. The minimum Gasteiger partial charge on any atom is -0.508 e. The monoisotopic (exact) mass is 378 g/mol. The summed E-state index contributed by atoms with van der Waals surface area (Å²) >= 11 is 0. The highest BCUT2D eigenvalue weighted by Crippen LogP contribution is 2.30. The van der Waals surface area contributed by atoms with Crippen molar-refractivity contribution in [2.24, 2.45) is 0 Å². The van der Waals surface area contributed by atoms with Crippen LogP contribution >= 0.6 is 0 Å². The molecule has 6 heteroatoms. The number of rotatable bonds is 4. The van der Waals surface area contributed by atoms with Crippen LogP contribution in [0, 0.1) is 30.9 Å². The average Bonchev–Trinajstić information content (AvgIpc) is 2.68. The Hall–Kier alpha value is -3.72. The SMILES string of the molecule is C#Cc1cc(C)nc(C(=O)NC(c2ccc(F)cc2)c2cc(F)ccc2O)c1. The molecule has 1 atom stereocenters. The van der Waals surface area contributed by atoms with Crippen LogP contribution in [-0.2, 0) is 0 Å². The van der Waals surface area contributed by atoms with E-state index in [0.29, 0.717) is 16.8 Å². The number of halogens is 2. The lowest BCUT2D eigenvalue weighted by Gasteiger charge is -2.21. The Morgan fingerprint density at radius 1 is 1.11 bits per heavy atom. The predicted molar refractivity (Wildman–Crippen MR) is 101 cm³/mol. The molecule has 0 fully saturated rings.